The standard InChI is InChI=1S/C18H28N2OS/c1-19(2)17-9-6-12-20(13-10-17)18(21)11-14-22-15-16-7-4-3-5-8-16/h3-5,7-8,17H,6,9-15H2,1-2H3/t17-/m1/s1. The molecule has 1 aromatic carbocycles. The Hall–Kier alpha value is -1.00. The van der Waals surface area contributed by atoms with E-state index in [4.69, 9.17) is 0 Å². The molecule has 0 bridgehead atoms. The Morgan fingerprint density at radius 3 is 2.73 bits per heavy atom. The van der Waals surface area contributed by atoms with Crippen LogP contribution in [0, 0.1) is 0 Å². The maximum atomic E-state index is 12.3. The van der Waals surface area contributed by atoms with Crippen molar-refractivity contribution in [2.24, 2.45) is 0 Å². The monoisotopic (exact) mass is 320 g/mol. The van der Waals surface area contributed by atoms with Gasteiger partial charge in [0.25, 0.3) is 0 Å². The van der Waals surface area contributed by atoms with E-state index in [0.29, 0.717) is 18.4 Å². The van der Waals surface area contributed by atoms with Gasteiger partial charge < -0.3 is 9.80 Å². The first-order chi connectivity index (χ1) is 10.7. The smallest absolute Gasteiger partial charge is 0.223 e. The average molecular weight is 321 g/mol. The predicted octanol–water partition coefficient (Wildman–Crippen LogP) is 3.25. The molecular formula is C18H28N2OS. The molecule has 0 unspecified atom stereocenters. The van der Waals surface area contributed by atoms with E-state index < -0.39 is 0 Å². The average Bonchev–Trinajstić information content (AvgIpc) is 2.78. The topological polar surface area (TPSA) is 23.6 Å². The first-order valence-corrected chi connectivity index (χ1v) is 9.38. The Balaban J connectivity index is 1.66. The molecule has 1 aliphatic rings. The quantitative estimate of drug-likeness (QED) is 0.752. The van der Waals surface area contributed by atoms with E-state index in [-0.39, 0.29) is 0 Å². The van der Waals surface area contributed by atoms with E-state index in [1.165, 1.54) is 12.0 Å². The number of carbonyl (C=O) groups is 1. The Kier molecular flexibility index (Phi) is 7.26. The van der Waals surface area contributed by atoms with Crippen LogP contribution in [0.1, 0.15) is 31.2 Å². The number of nitrogens with zero attached hydrogens (tertiary/aromatic N) is 2. The lowest BCUT2D eigenvalue weighted by atomic mass is 10.1. The van der Waals surface area contributed by atoms with Crippen LogP contribution in [0.25, 0.3) is 0 Å². The molecule has 4 heteroatoms. The van der Waals surface area contributed by atoms with Gasteiger partial charge in [-0.15, -0.1) is 0 Å². The summed E-state index contributed by atoms with van der Waals surface area (Å²) in [5.74, 6) is 2.25. The predicted molar refractivity (Wildman–Crippen MR) is 95.1 cm³/mol. The van der Waals surface area contributed by atoms with Crippen LogP contribution in [0.4, 0.5) is 0 Å². The fourth-order valence-corrected chi connectivity index (χ4v) is 3.82. The van der Waals surface area contributed by atoms with Crippen molar-refractivity contribution in [2.75, 3.05) is 32.9 Å². The van der Waals surface area contributed by atoms with E-state index in [0.717, 1.165) is 37.4 Å². The van der Waals surface area contributed by atoms with Gasteiger partial charge >= 0.3 is 0 Å². The molecule has 0 spiro atoms. The lowest BCUT2D eigenvalue weighted by molar-refractivity contribution is -0.130. The minimum absolute atomic E-state index is 0.333. The summed E-state index contributed by atoms with van der Waals surface area (Å²) in [5, 5.41) is 0. The molecule has 0 N–H and O–H groups in total. The molecule has 0 radical (unpaired) electrons. The molecular weight excluding hydrogens is 292 g/mol. The molecule has 1 atom stereocenters. The zero-order valence-electron chi connectivity index (χ0n) is 13.8. The Labute approximate surface area is 139 Å². The summed E-state index contributed by atoms with van der Waals surface area (Å²) in [4.78, 5) is 16.7. The summed E-state index contributed by atoms with van der Waals surface area (Å²) >= 11 is 1.85. The highest BCUT2D eigenvalue weighted by Gasteiger charge is 2.21. The van der Waals surface area contributed by atoms with Crippen molar-refractivity contribution in [3.63, 3.8) is 0 Å². The Morgan fingerprint density at radius 1 is 1.23 bits per heavy atom. The van der Waals surface area contributed by atoms with Gasteiger partial charge in [0, 0.05) is 37.1 Å². The molecule has 1 heterocycles. The number of hydrogen-bond acceptors (Lipinski definition) is 3. The third-order valence-electron chi connectivity index (χ3n) is 4.35. The fourth-order valence-electron chi connectivity index (χ4n) is 2.93. The second-order valence-electron chi connectivity index (χ2n) is 6.22. The first-order valence-electron chi connectivity index (χ1n) is 8.22. The molecule has 1 saturated heterocycles. The van der Waals surface area contributed by atoms with Gasteiger partial charge in [0.05, 0.1) is 0 Å². The van der Waals surface area contributed by atoms with E-state index in [2.05, 4.69) is 48.2 Å². The third kappa shape index (κ3) is 5.65. The van der Waals surface area contributed by atoms with E-state index in [1.54, 1.807) is 0 Å². The van der Waals surface area contributed by atoms with Crippen LogP contribution in [0.5, 0.6) is 0 Å². The summed E-state index contributed by atoms with van der Waals surface area (Å²) in [6.45, 7) is 1.86. The number of hydrogen-bond donors (Lipinski definition) is 0. The highest BCUT2D eigenvalue weighted by atomic mass is 32.2. The van der Waals surface area contributed by atoms with Crippen LogP contribution in [-0.2, 0) is 10.5 Å². The SMILES string of the molecule is CN(C)[C@@H]1CCCN(C(=O)CCSCc2ccccc2)CC1. The van der Waals surface area contributed by atoms with Crippen LogP contribution in [0.15, 0.2) is 30.3 Å². The van der Waals surface area contributed by atoms with Gasteiger partial charge in [0.1, 0.15) is 0 Å². The molecule has 0 saturated carbocycles. The van der Waals surface area contributed by atoms with Gasteiger partial charge in [-0.1, -0.05) is 30.3 Å². The van der Waals surface area contributed by atoms with Gasteiger partial charge in [-0.05, 0) is 38.9 Å². The van der Waals surface area contributed by atoms with Crippen molar-refractivity contribution in [1.82, 2.24) is 9.80 Å². The van der Waals surface area contributed by atoms with E-state index in [1.807, 2.05) is 17.8 Å². The second kappa shape index (κ2) is 9.21. The molecule has 1 aromatic rings. The minimum atomic E-state index is 0.333. The summed E-state index contributed by atoms with van der Waals surface area (Å²) in [7, 11) is 4.28. The van der Waals surface area contributed by atoms with Crippen LogP contribution >= 0.6 is 11.8 Å². The molecule has 2 rings (SSSR count). The molecule has 0 aliphatic carbocycles. The van der Waals surface area contributed by atoms with Crippen molar-refractivity contribution in [2.45, 2.75) is 37.5 Å². The van der Waals surface area contributed by atoms with Crippen LogP contribution in [0.2, 0.25) is 0 Å². The van der Waals surface area contributed by atoms with Crippen molar-refractivity contribution in [1.29, 1.82) is 0 Å². The molecule has 3 nitrogen and oxygen atoms in total. The van der Waals surface area contributed by atoms with Crippen molar-refractivity contribution < 1.29 is 4.79 Å². The fraction of sp³-hybridized carbons (Fsp3) is 0.611. The molecule has 1 fully saturated rings. The molecule has 1 aliphatic heterocycles. The molecule has 1 amide bonds. The highest BCUT2D eigenvalue weighted by Crippen LogP contribution is 2.17. The van der Waals surface area contributed by atoms with Crippen molar-refractivity contribution >= 4 is 17.7 Å². The maximum absolute atomic E-state index is 12.3. The summed E-state index contributed by atoms with van der Waals surface area (Å²) in [6, 6.07) is 11.1. The van der Waals surface area contributed by atoms with Gasteiger partial charge in [0.2, 0.25) is 5.91 Å². The summed E-state index contributed by atoms with van der Waals surface area (Å²) in [6.07, 6.45) is 4.12. The third-order valence-corrected chi connectivity index (χ3v) is 5.38. The Bertz CT molecular complexity index is 450. The van der Waals surface area contributed by atoms with Gasteiger partial charge in [-0.3, -0.25) is 4.79 Å². The van der Waals surface area contributed by atoms with Gasteiger partial charge in [-0.25, -0.2) is 0 Å². The maximum Gasteiger partial charge on any atom is 0.223 e. The van der Waals surface area contributed by atoms with E-state index >= 15 is 0 Å². The lowest BCUT2D eigenvalue weighted by Crippen LogP contribution is -2.33. The largest absolute Gasteiger partial charge is 0.343 e. The number of amides is 1. The second-order valence-corrected chi connectivity index (χ2v) is 7.32. The minimum Gasteiger partial charge on any atom is -0.343 e. The van der Waals surface area contributed by atoms with E-state index in [9.17, 15) is 4.79 Å². The number of likely N-dealkylation sites (tertiary alicyclic amines) is 1. The van der Waals surface area contributed by atoms with Crippen LogP contribution in [-0.4, -0.2) is 54.7 Å². The first kappa shape index (κ1) is 17.4. The molecule has 0 aromatic heterocycles. The summed E-state index contributed by atoms with van der Waals surface area (Å²) < 4.78 is 0. The molecule has 122 valence electrons. The number of carbonyl (C=O) groups excluding carboxylic acids is 1. The highest BCUT2D eigenvalue weighted by molar-refractivity contribution is 7.98. The zero-order chi connectivity index (χ0) is 15.8. The zero-order valence-corrected chi connectivity index (χ0v) is 14.6. The number of benzene rings is 1. The van der Waals surface area contributed by atoms with Gasteiger partial charge in [-0.2, -0.15) is 11.8 Å². The number of rotatable bonds is 6. The van der Waals surface area contributed by atoms with Crippen molar-refractivity contribution in [3.05, 3.63) is 35.9 Å². The lowest BCUT2D eigenvalue weighted by Gasteiger charge is -2.23. The number of thioether (sulfide) groups is 1. The van der Waals surface area contributed by atoms with Crippen LogP contribution < -0.4 is 0 Å². The molecule has 22 heavy (non-hydrogen) atoms. The summed E-state index contributed by atoms with van der Waals surface area (Å²) in [5.41, 5.74) is 1.34. The van der Waals surface area contributed by atoms with Gasteiger partial charge in [0.15, 0.2) is 0 Å². The van der Waals surface area contributed by atoms with Crippen LogP contribution in [0.3, 0.4) is 0 Å². The normalized spacial score (nSPS) is 19.2. The van der Waals surface area contributed by atoms with Crippen molar-refractivity contribution in [3.8, 4) is 0 Å². The Morgan fingerprint density at radius 2 is 2.00 bits per heavy atom.